The number of benzene rings is 1. The van der Waals surface area contributed by atoms with Crippen LogP contribution in [0.15, 0.2) is 30.3 Å². The van der Waals surface area contributed by atoms with Gasteiger partial charge in [-0.3, -0.25) is 0 Å². The van der Waals surface area contributed by atoms with Crippen molar-refractivity contribution in [2.45, 2.75) is 0 Å². The van der Waals surface area contributed by atoms with E-state index in [-0.39, 0.29) is 0 Å². The normalized spacial score (nSPS) is 7.36. The fourth-order valence-corrected chi connectivity index (χ4v) is 0.534. The molecular formula is C10H12S. The lowest BCUT2D eigenvalue weighted by atomic mass is 10.2. The molecule has 11 heavy (non-hydrogen) atoms. The van der Waals surface area contributed by atoms with E-state index in [2.05, 4.69) is 5.92 Å². The van der Waals surface area contributed by atoms with Crippen LogP contribution in [-0.4, -0.2) is 12.5 Å². The van der Waals surface area contributed by atoms with Crippen LogP contribution in [0.4, 0.5) is 0 Å². The third-order valence-electron chi connectivity index (χ3n) is 0.940. The van der Waals surface area contributed by atoms with Gasteiger partial charge in [-0.15, -0.1) is 6.42 Å². The van der Waals surface area contributed by atoms with Crippen molar-refractivity contribution in [1.82, 2.24) is 0 Å². The zero-order valence-corrected chi connectivity index (χ0v) is 7.69. The second-order valence-corrected chi connectivity index (χ2v) is 2.74. The molecule has 0 aliphatic rings. The van der Waals surface area contributed by atoms with Crippen molar-refractivity contribution >= 4 is 11.8 Å². The summed E-state index contributed by atoms with van der Waals surface area (Å²) in [7, 11) is 0. The number of hydrogen-bond donors (Lipinski definition) is 0. The molecule has 0 saturated carbocycles. The maximum Gasteiger partial charge on any atom is 0.0242 e. The van der Waals surface area contributed by atoms with Gasteiger partial charge in [0.15, 0.2) is 0 Å². The predicted octanol–water partition coefficient (Wildman–Crippen LogP) is 2.65. The van der Waals surface area contributed by atoms with Gasteiger partial charge in [-0.2, -0.15) is 11.8 Å². The summed E-state index contributed by atoms with van der Waals surface area (Å²) >= 11 is 1.75. The summed E-state index contributed by atoms with van der Waals surface area (Å²) in [4.78, 5) is 0. The highest BCUT2D eigenvalue weighted by Crippen LogP contribution is 1.92. The van der Waals surface area contributed by atoms with E-state index in [0.717, 1.165) is 5.56 Å². The van der Waals surface area contributed by atoms with Crippen LogP contribution in [0.5, 0.6) is 0 Å². The number of thioether (sulfide) groups is 1. The standard InChI is InChI=1S/C8H6.C2H6S/c1-2-8-6-4-3-5-7-8;1-3-2/h1,3-7H;1-2H3. The molecule has 0 nitrogen and oxygen atoms in total. The van der Waals surface area contributed by atoms with Crippen LogP contribution in [0.3, 0.4) is 0 Å². The molecule has 0 aromatic heterocycles. The Bertz CT molecular complexity index is 208. The minimum Gasteiger partial charge on any atom is -0.169 e. The first-order chi connectivity index (χ1) is 5.35. The SMILES string of the molecule is C#Cc1ccccc1.CSC. The van der Waals surface area contributed by atoms with Crippen molar-refractivity contribution in [2.75, 3.05) is 12.5 Å². The molecule has 1 aromatic rings. The van der Waals surface area contributed by atoms with Crippen molar-refractivity contribution in [3.8, 4) is 12.3 Å². The highest BCUT2D eigenvalue weighted by atomic mass is 32.2. The molecule has 0 radical (unpaired) electrons. The third kappa shape index (κ3) is 5.57. The Morgan fingerprint density at radius 1 is 1.18 bits per heavy atom. The molecule has 1 aromatic carbocycles. The Kier molecular flexibility index (Phi) is 6.67. The summed E-state index contributed by atoms with van der Waals surface area (Å²) in [6.07, 6.45) is 9.18. The van der Waals surface area contributed by atoms with E-state index in [9.17, 15) is 0 Å². The molecule has 0 spiro atoms. The summed E-state index contributed by atoms with van der Waals surface area (Å²) in [6.45, 7) is 0. The van der Waals surface area contributed by atoms with Crippen LogP contribution < -0.4 is 0 Å². The van der Waals surface area contributed by atoms with Gasteiger partial charge < -0.3 is 0 Å². The molecule has 0 amide bonds. The average Bonchev–Trinajstić information content (AvgIpc) is 2.08. The Morgan fingerprint density at radius 2 is 1.64 bits per heavy atom. The zero-order valence-electron chi connectivity index (χ0n) is 6.87. The number of terminal acetylenes is 1. The molecule has 0 unspecified atom stereocenters. The predicted molar refractivity (Wildman–Crippen MR) is 53.8 cm³/mol. The molecule has 1 heteroatoms. The van der Waals surface area contributed by atoms with Gasteiger partial charge in [0.05, 0.1) is 0 Å². The van der Waals surface area contributed by atoms with Gasteiger partial charge in [-0.1, -0.05) is 24.1 Å². The van der Waals surface area contributed by atoms with Gasteiger partial charge in [0.25, 0.3) is 0 Å². The fraction of sp³-hybridized carbons (Fsp3) is 0.200. The lowest BCUT2D eigenvalue weighted by molar-refractivity contribution is 1.65. The third-order valence-corrected chi connectivity index (χ3v) is 0.940. The van der Waals surface area contributed by atoms with Crippen LogP contribution >= 0.6 is 11.8 Å². The van der Waals surface area contributed by atoms with E-state index in [0.29, 0.717) is 0 Å². The highest BCUT2D eigenvalue weighted by molar-refractivity contribution is 7.97. The van der Waals surface area contributed by atoms with Gasteiger partial charge >= 0.3 is 0 Å². The molecule has 0 heterocycles. The van der Waals surface area contributed by atoms with E-state index in [4.69, 9.17) is 6.42 Å². The monoisotopic (exact) mass is 164 g/mol. The molecule has 0 aliphatic carbocycles. The van der Waals surface area contributed by atoms with Crippen LogP contribution in [-0.2, 0) is 0 Å². The molecule has 0 bridgehead atoms. The first kappa shape index (κ1) is 10.1. The van der Waals surface area contributed by atoms with Crippen LogP contribution in [0.25, 0.3) is 0 Å². The molecule has 0 atom stereocenters. The number of hydrogen-bond acceptors (Lipinski definition) is 1. The maximum absolute atomic E-state index is 5.10. The molecule has 0 saturated heterocycles. The zero-order chi connectivity index (χ0) is 8.53. The van der Waals surface area contributed by atoms with Gasteiger partial charge in [0, 0.05) is 5.56 Å². The Morgan fingerprint density at radius 3 is 1.91 bits per heavy atom. The first-order valence-corrected chi connectivity index (χ1v) is 4.90. The smallest absolute Gasteiger partial charge is 0.0242 e. The quantitative estimate of drug-likeness (QED) is 0.531. The fourth-order valence-electron chi connectivity index (χ4n) is 0.534. The lowest BCUT2D eigenvalue weighted by Gasteiger charge is -1.82. The van der Waals surface area contributed by atoms with E-state index in [1.165, 1.54) is 0 Å². The molecule has 0 aliphatic heterocycles. The summed E-state index contributed by atoms with van der Waals surface area (Å²) in [5, 5.41) is 0. The van der Waals surface area contributed by atoms with Gasteiger partial charge in [0.2, 0.25) is 0 Å². The van der Waals surface area contributed by atoms with Crippen LogP contribution in [0, 0.1) is 12.3 Å². The van der Waals surface area contributed by atoms with Crippen LogP contribution in [0.2, 0.25) is 0 Å². The largest absolute Gasteiger partial charge is 0.169 e. The van der Waals surface area contributed by atoms with E-state index in [1.54, 1.807) is 11.8 Å². The Labute approximate surface area is 73.0 Å². The maximum atomic E-state index is 5.10. The second kappa shape index (κ2) is 7.24. The lowest BCUT2D eigenvalue weighted by Crippen LogP contribution is -1.66. The second-order valence-electron chi connectivity index (χ2n) is 1.92. The summed E-state index contributed by atoms with van der Waals surface area (Å²) < 4.78 is 0. The Hall–Kier alpha value is -0.870. The van der Waals surface area contributed by atoms with Gasteiger partial charge in [-0.25, -0.2) is 0 Å². The molecule has 0 N–H and O–H groups in total. The van der Waals surface area contributed by atoms with Crippen molar-refractivity contribution in [2.24, 2.45) is 0 Å². The van der Waals surface area contributed by atoms with Gasteiger partial charge in [-0.05, 0) is 24.6 Å². The van der Waals surface area contributed by atoms with Crippen LogP contribution in [0.1, 0.15) is 5.56 Å². The average molecular weight is 164 g/mol. The molecular weight excluding hydrogens is 152 g/mol. The highest BCUT2D eigenvalue weighted by Gasteiger charge is 1.76. The summed E-state index contributed by atoms with van der Waals surface area (Å²) in [6, 6.07) is 9.60. The first-order valence-electron chi connectivity index (χ1n) is 3.27. The molecule has 58 valence electrons. The molecule has 0 fully saturated rings. The van der Waals surface area contributed by atoms with E-state index < -0.39 is 0 Å². The van der Waals surface area contributed by atoms with Gasteiger partial charge in [0.1, 0.15) is 0 Å². The molecule has 1 rings (SSSR count). The van der Waals surface area contributed by atoms with Crippen molar-refractivity contribution in [3.05, 3.63) is 35.9 Å². The van der Waals surface area contributed by atoms with Crippen molar-refractivity contribution in [3.63, 3.8) is 0 Å². The van der Waals surface area contributed by atoms with Crippen molar-refractivity contribution < 1.29 is 0 Å². The minimum atomic E-state index is 0.938. The summed E-state index contributed by atoms with van der Waals surface area (Å²) in [5.41, 5.74) is 0.938. The Balaban J connectivity index is 0.000000292. The summed E-state index contributed by atoms with van der Waals surface area (Å²) in [5.74, 6) is 2.53. The topological polar surface area (TPSA) is 0 Å². The van der Waals surface area contributed by atoms with E-state index in [1.807, 2.05) is 42.8 Å². The van der Waals surface area contributed by atoms with Crippen molar-refractivity contribution in [1.29, 1.82) is 0 Å². The minimum absolute atomic E-state index is 0.938. The number of rotatable bonds is 0. The van der Waals surface area contributed by atoms with E-state index >= 15 is 0 Å².